The van der Waals surface area contributed by atoms with Crippen LogP contribution in [0.1, 0.15) is 29.9 Å². The minimum absolute atomic E-state index is 0.00651. The molecule has 2 heterocycles. The molecule has 0 amide bonds. The first-order chi connectivity index (χ1) is 15.4. The van der Waals surface area contributed by atoms with Gasteiger partial charge in [0.15, 0.2) is 0 Å². The second-order valence-corrected chi connectivity index (χ2v) is 7.98. The summed E-state index contributed by atoms with van der Waals surface area (Å²) < 4.78 is 51.9. The van der Waals surface area contributed by atoms with Crippen molar-refractivity contribution in [2.24, 2.45) is 11.7 Å². The first-order valence-corrected chi connectivity index (χ1v) is 10.5. The van der Waals surface area contributed by atoms with E-state index in [-0.39, 0.29) is 17.7 Å². The predicted octanol–water partition coefficient (Wildman–Crippen LogP) is 5.06. The number of benzene rings is 2. The molecule has 1 fully saturated rings. The summed E-state index contributed by atoms with van der Waals surface area (Å²) in [6.45, 7) is 1.82. The summed E-state index contributed by atoms with van der Waals surface area (Å²) in [4.78, 5) is 10.6. The van der Waals surface area contributed by atoms with Crippen LogP contribution in [-0.2, 0) is 6.18 Å². The van der Waals surface area contributed by atoms with Crippen molar-refractivity contribution < 1.29 is 17.6 Å². The molecule has 32 heavy (non-hydrogen) atoms. The van der Waals surface area contributed by atoms with Gasteiger partial charge in [0.25, 0.3) is 0 Å². The molecule has 1 atom stereocenters. The molecule has 0 aliphatic carbocycles. The van der Waals surface area contributed by atoms with Crippen LogP contribution in [0.5, 0.6) is 0 Å². The molecule has 3 aromatic rings. The molecule has 0 spiro atoms. The van der Waals surface area contributed by atoms with Gasteiger partial charge in [-0.2, -0.15) is 13.2 Å². The first-order valence-electron chi connectivity index (χ1n) is 10.5. The number of piperidine rings is 1. The minimum atomic E-state index is -4.35. The normalized spacial score (nSPS) is 16.2. The highest BCUT2D eigenvalue weighted by molar-refractivity contribution is 5.74. The van der Waals surface area contributed by atoms with Gasteiger partial charge in [-0.05, 0) is 66.6 Å². The molecule has 1 aromatic heterocycles. The SMILES string of the molecule is NC[C@H](c1ccc(C(F)(F)F)cc1)C1CCN(c2ncn[c]c2-c2ccc(F)cc2)CC1. The van der Waals surface area contributed by atoms with Crippen molar-refractivity contribution in [1.82, 2.24) is 9.97 Å². The summed E-state index contributed by atoms with van der Waals surface area (Å²) in [6.07, 6.45) is 1.72. The molecule has 1 aliphatic rings. The van der Waals surface area contributed by atoms with Gasteiger partial charge in [-0.25, -0.2) is 14.4 Å². The van der Waals surface area contributed by atoms with Crippen molar-refractivity contribution in [3.05, 3.63) is 78.0 Å². The van der Waals surface area contributed by atoms with E-state index in [2.05, 4.69) is 21.1 Å². The van der Waals surface area contributed by atoms with Crippen LogP contribution in [0.4, 0.5) is 23.4 Å². The number of anilines is 1. The number of alkyl halides is 3. The third-order valence-corrected chi connectivity index (χ3v) is 6.10. The van der Waals surface area contributed by atoms with E-state index in [1.807, 2.05) is 0 Å². The minimum Gasteiger partial charge on any atom is -0.356 e. The molecule has 4 rings (SSSR count). The molecule has 2 N–H and O–H groups in total. The fraction of sp³-hybridized carbons (Fsp3) is 0.333. The van der Waals surface area contributed by atoms with E-state index in [4.69, 9.17) is 5.73 Å². The van der Waals surface area contributed by atoms with E-state index in [1.165, 1.54) is 18.5 Å². The largest absolute Gasteiger partial charge is 0.416 e. The van der Waals surface area contributed by atoms with Crippen LogP contribution in [-0.4, -0.2) is 29.6 Å². The summed E-state index contributed by atoms with van der Waals surface area (Å²) in [6, 6.07) is 11.5. The molecule has 1 saturated heterocycles. The van der Waals surface area contributed by atoms with E-state index in [0.717, 1.165) is 55.0 Å². The van der Waals surface area contributed by atoms with Crippen molar-refractivity contribution in [3.63, 3.8) is 0 Å². The standard InChI is InChI=1S/C24H23F4N4/c25-20-7-3-17(4-8-20)22-14-30-15-31-23(22)32-11-9-18(10-12-32)21(13-29)16-1-5-19(6-2-16)24(26,27)28/h1-8,15,18,21H,9-13,29H2/t21-/m1/s1. The van der Waals surface area contributed by atoms with E-state index < -0.39 is 11.7 Å². The zero-order valence-corrected chi connectivity index (χ0v) is 17.3. The van der Waals surface area contributed by atoms with E-state index in [1.54, 1.807) is 24.3 Å². The van der Waals surface area contributed by atoms with Gasteiger partial charge in [0, 0.05) is 13.1 Å². The lowest BCUT2D eigenvalue weighted by Crippen LogP contribution is -2.38. The Morgan fingerprint density at radius 2 is 1.69 bits per heavy atom. The van der Waals surface area contributed by atoms with Gasteiger partial charge in [0.05, 0.1) is 11.1 Å². The lowest BCUT2D eigenvalue weighted by molar-refractivity contribution is -0.137. The zero-order valence-electron chi connectivity index (χ0n) is 17.3. The van der Waals surface area contributed by atoms with E-state index in [0.29, 0.717) is 12.1 Å². The van der Waals surface area contributed by atoms with Crippen LogP contribution < -0.4 is 10.6 Å². The Kier molecular flexibility index (Phi) is 6.41. The number of halogens is 4. The predicted molar refractivity (Wildman–Crippen MR) is 114 cm³/mol. The van der Waals surface area contributed by atoms with Crippen LogP contribution in [0.2, 0.25) is 0 Å². The van der Waals surface area contributed by atoms with Crippen molar-refractivity contribution in [3.8, 4) is 11.1 Å². The topological polar surface area (TPSA) is 55.0 Å². The van der Waals surface area contributed by atoms with Gasteiger partial charge in [-0.15, -0.1) is 0 Å². The van der Waals surface area contributed by atoms with Gasteiger partial charge < -0.3 is 10.6 Å². The second kappa shape index (κ2) is 9.24. The number of aromatic nitrogens is 2. The maximum Gasteiger partial charge on any atom is 0.416 e. The average molecular weight is 443 g/mol. The van der Waals surface area contributed by atoms with Gasteiger partial charge in [-0.3, -0.25) is 0 Å². The molecule has 0 unspecified atom stereocenters. The molecule has 1 aliphatic heterocycles. The average Bonchev–Trinajstić information content (AvgIpc) is 2.80. The molecule has 0 saturated carbocycles. The Morgan fingerprint density at radius 1 is 1.03 bits per heavy atom. The molecule has 2 aromatic carbocycles. The van der Waals surface area contributed by atoms with Crippen LogP contribution >= 0.6 is 0 Å². The van der Waals surface area contributed by atoms with Gasteiger partial charge in [-0.1, -0.05) is 24.3 Å². The van der Waals surface area contributed by atoms with Crippen LogP contribution in [0, 0.1) is 17.9 Å². The van der Waals surface area contributed by atoms with Crippen molar-refractivity contribution in [1.29, 1.82) is 0 Å². The highest BCUT2D eigenvalue weighted by Gasteiger charge is 2.32. The molecular formula is C24H23F4N4. The third-order valence-electron chi connectivity index (χ3n) is 6.10. The zero-order chi connectivity index (χ0) is 22.7. The fourth-order valence-corrected chi connectivity index (χ4v) is 4.38. The Bertz CT molecular complexity index is 1030. The molecule has 4 nitrogen and oxygen atoms in total. The molecule has 0 bridgehead atoms. The molecule has 167 valence electrons. The summed E-state index contributed by atoms with van der Waals surface area (Å²) in [5.74, 6) is 0.675. The summed E-state index contributed by atoms with van der Waals surface area (Å²) in [5, 5.41) is 0. The lowest BCUT2D eigenvalue weighted by Gasteiger charge is -2.37. The van der Waals surface area contributed by atoms with Crippen molar-refractivity contribution >= 4 is 5.82 Å². The van der Waals surface area contributed by atoms with Crippen LogP contribution in [0.25, 0.3) is 11.1 Å². The Labute approximate surface area is 184 Å². The lowest BCUT2D eigenvalue weighted by atomic mass is 9.80. The number of rotatable bonds is 5. The smallest absolute Gasteiger partial charge is 0.356 e. The Morgan fingerprint density at radius 3 is 2.28 bits per heavy atom. The van der Waals surface area contributed by atoms with Crippen molar-refractivity contribution in [2.75, 3.05) is 24.5 Å². The summed E-state index contributed by atoms with van der Waals surface area (Å²) in [5.41, 5.74) is 7.71. The van der Waals surface area contributed by atoms with Gasteiger partial charge in [0.1, 0.15) is 24.2 Å². The maximum atomic E-state index is 13.3. The number of hydrogen-bond donors (Lipinski definition) is 1. The number of nitrogens with zero attached hydrogens (tertiary/aromatic N) is 3. The maximum absolute atomic E-state index is 13.3. The van der Waals surface area contributed by atoms with Gasteiger partial charge in [0.2, 0.25) is 0 Å². The van der Waals surface area contributed by atoms with Crippen molar-refractivity contribution in [2.45, 2.75) is 24.9 Å². The second-order valence-electron chi connectivity index (χ2n) is 7.98. The molecule has 8 heteroatoms. The quantitative estimate of drug-likeness (QED) is 0.560. The van der Waals surface area contributed by atoms with Crippen LogP contribution in [0.15, 0.2) is 54.9 Å². The highest BCUT2D eigenvalue weighted by atomic mass is 19.4. The molecular weight excluding hydrogens is 420 g/mol. The summed E-state index contributed by atoms with van der Waals surface area (Å²) in [7, 11) is 0. The Balaban J connectivity index is 1.48. The third kappa shape index (κ3) is 4.75. The Hall–Kier alpha value is -3.00. The fourth-order valence-electron chi connectivity index (χ4n) is 4.38. The monoisotopic (exact) mass is 443 g/mol. The first kappa shape index (κ1) is 22.2. The van der Waals surface area contributed by atoms with E-state index in [9.17, 15) is 17.6 Å². The van der Waals surface area contributed by atoms with E-state index >= 15 is 0 Å². The van der Waals surface area contributed by atoms with Crippen LogP contribution in [0.3, 0.4) is 0 Å². The summed E-state index contributed by atoms with van der Waals surface area (Å²) >= 11 is 0. The molecule has 1 radical (unpaired) electrons. The highest BCUT2D eigenvalue weighted by Crippen LogP contribution is 2.37. The van der Waals surface area contributed by atoms with Gasteiger partial charge >= 0.3 is 6.18 Å². The number of hydrogen-bond acceptors (Lipinski definition) is 4. The number of nitrogens with two attached hydrogens (primary N) is 1.